The summed E-state index contributed by atoms with van der Waals surface area (Å²) in [6, 6.07) is 14.3. The van der Waals surface area contributed by atoms with Crippen LogP contribution >= 0.6 is 15.9 Å². The van der Waals surface area contributed by atoms with Gasteiger partial charge in [0.2, 0.25) is 5.91 Å². The van der Waals surface area contributed by atoms with Crippen LogP contribution in [-0.4, -0.2) is 11.8 Å². The van der Waals surface area contributed by atoms with Crippen molar-refractivity contribution in [2.45, 2.75) is 12.8 Å². The second kappa shape index (κ2) is 6.32. The van der Waals surface area contributed by atoms with Gasteiger partial charge >= 0.3 is 0 Å². The highest BCUT2D eigenvalue weighted by Crippen LogP contribution is 2.30. The van der Waals surface area contributed by atoms with Crippen LogP contribution in [0.25, 0.3) is 0 Å². The first-order valence-corrected chi connectivity index (χ1v) is 7.89. The molecule has 0 atom stereocenters. The van der Waals surface area contributed by atoms with Crippen molar-refractivity contribution in [1.29, 1.82) is 0 Å². The third-order valence-corrected chi connectivity index (χ3v) is 3.97. The van der Waals surface area contributed by atoms with Gasteiger partial charge in [0, 0.05) is 27.3 Å². The number of benzene rings is 2. The lowest BCUT2D eigenvalue weighted by atomic mass is 10.1. The molecule has 2 aromatic rings. The second-order valence-corrected chi connectivity index (χ2v) is 6.22. The molecule has 1 aliphatic carbocycles. The molecular weight excluding hydrogens is 344 g/mol. The Morgan fingerprint density at radius 2 is 1.68 bits per heavy atom. The van der Waals surface area contributed by atoms with E-state index in [1.54, 1.807) is 24.3 Å². The number of anilines is 2. The molecule has 2 aromatic carbocycles. The quantitative estimate of drug-likeness (QED) is 0.865. The molecule has 5 heteroatoms. The number of amides is 2. The van der Waals surface area contributed by atoms with Crippen LogP contribution in [0.4, 0.5) is 11.4 Å². The molecule has 0 bridgehead atoms. The van der Waals surface area contributed by atoms with Gasteiger partial charge < -0.3 is 10.6 Å². The zero-order chi connectivity index (χ0) is 15.5. The van der Waals surface area contributed by atoms with Crippen LogP contribution < -0.4 is 10.6 Å². The Bertz CT molecular complexity index is 709. The molecule has 1 aliphatic rings. The van der Waals surface area contributed by atoms with Crippen LogP contribution in [0.5, 0.6) is 0 Å². The molecule has 0 aliphatic heterocycles. The summed E-state index contributed by atoms with van der Waals surface area (Å²) in [5.74, 6) is -0.0319. The van der Waals surface area contributed by atoms with Crippen LogP contribution in [0, 0.1) is 5.92 Å². The summed E-state index contributed by atoms with van der Waals surface area (Å²) in [5.41, 5.74) is 1.89. The minimum Gasteiger partial charge on any atom is -0.326 e. The molecule has 0 spiro atoms. The molecule has 2 N–H and O–H groups in total. The first kappa shape index (κ1) is 14.8. The highest BCUT2D eigenvalue weighted by molar-refractivity contribution is 9.10. The SMILES string of the molecule is O=C(Nc1ccc(Br)cc1)c1cccc(NC(=O)C2CC2)c1. The van der Waals surface area contributed by atoms with Gasteiger partial charge in [-0.15, -0.1) is 0 Å². The lowest BCUT2D eigenvalue weighted by molar-refractivity contribution is -0.117. The van der Waals surface area contributed by atoms with Crippen LogP contribution in [-0.2, 0) is 4.79 Å². The Morgan fingerprint density at radius 3 is 2.36 bits per heavy atom. The molecule has 1 fully saturated rings. The standard InChI is InChI=1S/C17H15BrN2O2/c18-13-6-8-14(9-7-13)19-17(22)12-2-1-3-15(10-12)20-16(21)11-4-5-11/h1-3,6-11H,4-5H2,(H,19,22)(H,20,21). The highest BCUT2D eigenvalue weighted by atomic mass is 79.9. The highest BCUT2D eigenvalue weighted by Gasteiger charge is 2.29. The van der Waals surface area contributed by atoms with E-state index in [1.807, 2.05) is 24.3 Å². The van der Waals surface area contributed by atoms with Crippen molar-refractivity contribution in [3.8, 4) is 0 Å². The molecule has 22 heavy (non-hydrogen) atoms. The molecule has 112 valence electrons. The van der Waals surface area contributed by atoms with Crippen LogP contribution in [0.15, 0.2) is 53.0 Å². The number of rotatable bonds is 4. The predicted octanol–water partition coefficient (Wildman–Crippen LogP) is 4.05. The molecule has 1 saturated carbocycles. The van der Waals surface area contributed by atoms with E-state index in [-0.39, 0.29) is 17.7 Å². The van der Waals surface area contributed by atoms with Gasteiger partial charge in [0.25, 0.3) is 5.91 Å². The first-order chi connectivity index (χ1) is 10.6. The summed E-state index contributed by atoms with van der Waals surface area (Å²) in [6.45, 7) is 0. The molecule has 0 radical (unpaired) electrons. The smallest absolute Gasteiger partial charge is 0.255 e. The minimum absolute atomic E-state index is 0.0328. The number of nitrogens with one attached hydrogen (secondary N) is 2. The maximum Gasteiger partial charge on any atom is 0.255 e. The molecular formula is C17H15BrN2O2. The maximum absolute atomic E-state index is 12.2. The summed E-state index contributed by atoms with van der Waals surface area (Å²) < 4.78 is 0.954. The lowest BCUT2D eigenvalue weighted by Crippen LogP contribution is -2.15. The van der Waals surface area contributed by atoms with Crippen LogP contribution in [0.1, 0.15) is 23.2 Å². The van der Waals surface area contributed by atoms with E-state index in [4.69, 9.17) is 0 Å². The van der Waals surface area contributed by atoms with Gasteiger partial charge in [-0.1, -0.05) is 22.0 Å². The van der Waals surface area contributed by atoms with Crippen molar-refractivity contribution >= 4 is 39.1 Å². The van der Waals surface area contributed by atoms with Crippen molar-refractivity contribution < 1.29 is 9.59 Å². The zero-order valence-corrected chi connectivity index (χ0v) is 13.4. The topological polar surface area (TPSA) is 58.2 Å². The molecule has 0 unspecified atom stereocenters. The van der Waals surface area contributed by atoms with E-state index < -0.39 is 0 Å². The average Bonchev–Trinajstić information content (AvgIpc) is 3.34. The fraction of sp³-hybridized carbons (Fsp3) is 0.176. The Hall–Kier alpha value is -2.14. The van der Waals surface area contributed by atoms with Crippen molar-refractivity contribution in [2.24, 2.45) is 5.92 Å². The number of carbonyl (C=O) groups is 2. The number of carbonyl (C=O) groups excluding carboxylic acids is 2. The van der Waals surface area contributed by atoms with E-state index in [2.05, 4.69) is 26.6 Å². The van der Waals surface area contributed by atoms with Crippen LogP contribution in [0.2, 0.25) is 0 Å². The van der Waals surface area contributed by atoms with E-state index in [0.717, 1.165) is 23.0 Å². The van der Waals surface area contributed by atoms with E-state index in [0.29, 0.717) is 11.3 Å². The maximum atomic E-state index is 12.2. The summed E-state index contributed by atoms with van der Waals surface area (Å²) >= 11 is 3.35. The monoisotopic (exact) mass is 358 g/mol. The Morgan fingerprint density at radius 1 is 0.955 bits per heavy atom. The first-order valence-electron chi connectivity index (χ1n) is 7.10. The van der Waals surface area contributed by atoms with E-state index in [1.165, 1.54) is 0 Å². The van der Waals surface area contributed by atoms with Gasteiger partial charge in [-0.2, -0.15) is 0 Å². The summed E-state index contributed by atoms with van der Waals surface area (Å²) in [5, 5.41) is 5.67. The van der Waals surface area contributed by atoms with Crippen molar-refractivity contribution in [3.63, 3.8) is 0 Å². The second-order valence-electron chi connectivity index (χ2n) is 5.31. The van der Waals surface area contributed by atoms with Gasteiger partial charge in [-0.25, -0.2) is 0 Å². The molecule has 2 amide bonds. The van der Waals surface area contributed by atoms with Crippen molar-refractivity contribution in [1.82, 2.24) is 0 Å². The number of hydrogen-bond donors (Lipinski definition) is 2. The summed E-state index contributed by atoms with van der Waals surface area (Å²) in [4.78, 5) is 24.0. The average molecular weight is 359 g/mol. The summed E-state index contributed by atoms with van der Waals surface area (Å²) in [6.07, 6.45) is 1.91. The van der Waals surface area contributed by atoms with Gasteiger partial charge in [-0.05, 0) is 55.3 Å². The zero-order valence-electron chi connectivity index (χ0n) is 11.8. The van der Waals surface area contributed by atoms with Gasteiger partial charge in [-0.3, -0.25) is 9.59 Å². The van der Waals surface area contributed by atoms with Crippen LogP contribution in [0.3, 0.4) is 0 Å². The number of hydrogen-bond acceptors (Lipinski definition) is 2. The fourth-order valence-electron chi connectivity index (χ4n) is 2.06. The van der Waals surface area contributed by atoms with Crippen molar-refractivity contribution in [3.05, 3.63) is 58.6 Å². The number of halogens is 1. The molecule has 0 heterocycles. The molecule has 0 aromatic heterocycles. The normalized spacial score (nSPS) is 13.5. The molecule has 4 nitrogen and oxygen atoms in total. The Labute approximate surface area is 137 Å². The van der Waals surface area contributed by atoms with E-state index >= 15 is 0 Å². The third-order valence-electron chi connectivity index (χ3n) is 3.44. The lowest BCUT2D eigenvalue weighted by Gasteiger charge is -2.08. The van der Waals surface area contributed by atoms with Gasteiger partial charge in [0.15, 0.2) is 0 Å². The minimum atomic E-state index is -0.204. The van der Waals surface area contributed by atoms with Crippen molar-refractivity contribution in [2.75, 3.05) is 10.6 Å². The van der Waals surface area contributed by atoms with Gasteiger partial charge in [0.1, 0.15) is 0 Å². The van der Waals surface area contributed by atoms with E-state index in [9.17, 15) is 9.59 Å². The Balaban J connectivity index is 1.69. The van der Waals surface area contributed by atoms with Gasteiger partial charge in [0.05, 0.1) is 0 Å². The predicted molar refractivity (Wildman–Crippen MR) is 89.9 cm³/mol. The third kappa shape index (κ3) is 3.74. The largest absolute Gasteiger partial charge is 0.326 e. The summed E-state index contributed by atoms with van der Waals surface area (Å²) in [7, 11) is 0. The molecule has 0 saturated heterocycles. The Kier molecular flexibility index (Phi) is 4.24. The molecule has 3 rings (SSSR count). The fourth-order valence-corrected chi connectivity index (χ4v) is 2.33.